The lowest BCUT2D eigenvalue weighted by Gasteiger charge is -2.25. The number of ether oxygens (including phenoxy) is 1. The molecule has 1 aliphatic carbocycles. The molecule has 0 bridgehead atoms. The maximum Gasteiger partial charge on any atom is 0.573 e. The second-order valence-corrected chi connectivity index (χ2v) is 7.91. The van der Waals surface area contributed by atoms with Crippen molar-refractivity contribution in [3.63, 3.8) is 0 Å². The summed E-state index contributed by atoms with van der Waals surface area (Å²) in [5.41, 5.74) is 3.34. The van der Waals surface area contributed by atoms with E-state index in [-0.39, 0.29) is 17.7 Å². The molecule has 1 aromatic carbocycles. The highest BCUT2D eigenvalue weighted by molar-refractivity contribution is 5.94. The summed E-state index contributed by atoms with van der Waals surface area (Å²) in [5, 5.41) is 7.92. The molecule has 1 saturated heterocycles. The van der Waals surface area contributed by atoms with Crippen LogP contribution in [0.3, 0.4) is 0 Å². The Morgan fingerprint density at radius 1 is 1.30 bits per heavy atom. The molecular weight excluding hydrogens is 397 g/mol. The molecule has 0 radical (unpaired) electrons. The van der Waals surface area contributed by atoms with Crippen molar-refractivity contribution in [1.29, 1.82) is 0 Å². The molecule has 1 aromatic heterocycles. The number of amides is 1. The van der Waals surface area contributed by atoms with E-state index in [9.17, 15) is 18.0 Å². The Hall–Kier alpha value is -2.55. The van der Waals surface area contributed by atoms with Crippen LogP contribution in [0, 0.1) is 0 Å². The number of fused-ring (bicyclic) bond motifs is 1. The third-order valence-corrected chi connectivity index (χ3v) is 5.78. The van der Waals surface area contributed by atoms with Crippen LogP contribution in [0.15, 0.2) is 24.3 Å². The summed E-state index contributed by atoms with van der Waals surface area (Å²) < 4.78 is 43.1. The number of nitrogens with zero attached hydrogens (tertiary/aromatic N) is 3. The van der Waals surface area contributed by atoms with E-state index in [0.29, 0.717) is 24.2 Å². The van der Waals surface area contributed by atoms with Gasteiger partial charge in [-0.05, 0) is 49.8 Å². The molecule has 6 nitrogen and oxygen atoms in total. The lowest BCUT2D eigenvalue weighted by Crippen LogP contribution is -2.35. The maximum absolute atomic E-state index is 12.9. The number of hydrogen-bond donors (Lipinski definition) is 1. The number of aromatic nitrogens is 2. The van der Waals surface area contributed by atoms with Crippen LogP contribution in [0.1, 0.15) is 46.6 Å². The van der Waals surface area contributed by atoms with Gasteiger partial charge in [0.2, 0.25) is 0 Å². The molecule has 162 valence electrons. The van der Waals surface area contributed by atoms with Crippen molar-refractivity contribution in [2.75, 3.05) is 13.1 Å². The van der Waals surface area contributed by atoms with Gasteiger partial charge in [0.25, 0.3) is 5.91 Å². The highest BCUT2D eigenvalue weighted by Crippen LogP contribution is 2.27. The predicted octanol–water partition coefficient (Wildman–Crippen LogP) is 3.20. The molecule has 0 spiro atoms. The normalized spacial score (nSPS) is 19.1. The summed E-state index contributed by atoms with van der Waals surface area (Å²) in [4.78, 5) is 14.8. The number of alkyl halides is 3. The van der Waals surface area contributed by atoms with Gasteiger partial charge in [-0.3, -0.25) is 9.48 Å². The molecular formula is C21H25F3N4O2. The Bertz CT molecular complexity index is 919. The fraction of sp³-hybridized carbons (Fsp3) is 0.524. The topological polar surface area (TPSA) is 59.4 Å². The predicted molar refractivity (Wildman–Crippen MR) is 104 cm³/mol. The summed E-state index contributed by atoms with van der Waals surface area (Å²) in [7, 11) is 1.87. The highest BCUT2D eigenvalue weighted by atomic mass is 19.4. The molecule has 1 aliphatic heterocycles. The standard InChI is InChI=1S/C21H25F3N4O2/c1-27-18-8-7-15(12-17(18)19(26-27)20(29)28-9-2-3-10-28)25-13-14-5-4-6-16(11-14)30-21(22,23)24/h4-6,11,15,25H,2-3,7-10,12-13H2,1H3. The van der Waals surface area contributed by atoms with Gasteiger partial charge >= 0.3 is 6.36 Å². The quantitative estimate of drug-likeness (QED) is 0.804. The van der Waals surface area contributed by atoms with E-state index < -0.39 is 6.36 Å². The molecule has 0 saturated carbocycles. The third kappa shape index (κ3) is 4.61. The smallest absolute Gasteiger partial charge is 0.406 e. The van der Waals surface area contributed by atoms with Gasteiger partial charge in [-0.2, -0.15) is 5.10 Å². The number of hydrogen-bond acceptors (Lipinski definition) is 4. The molecule has 2 aliphatic rings. The monoisotopic (exact) mass is 422 g/mol. The van der Waals surface area contributed by atoms with Gasteiger partial charge in [-0.1, -0.05) is 12.1 Å². The molecule has 1 amide bonds. The number of likely N-dealkylation sites (tertiary alicyclic amines) is 1. The van der Waals surface area contributed by atoms with Gasteiger partial charge in [-0.25, -0.2) is 0 Å². The van der Waals surface area contributed by atoms with Crippen molar-refractivity contribution in [3.05, 3.63) is 46.8 Å². The van der Waals surface area contributed by atoms with Crippen molar-refractivity contribution in [2.45, 2.75) is 51.1 Å². The lowest BCUT2D eigenvalue weighted by atomic mass is 9.91. The SMILES string of the molecule is Cn1nc(C(=O)N2CCCC2)c2c1CCC(NCc1cccc(OC(F)(F)F)c1)C2. The molecule has 1 unspecified atom stereocenters. The van der Waals surface area contributed by atoms with E-state index in [0.717, 1.165) is 50.0 Å². The van der Waals surface area contributed by atoms with E-state index in [4.69, 9.17) is 0 Å². The summed E-state index contributed by atoms with van der Waals surface area (Å²) in [6, 6.07) is 6.11. The first-order valence-electron chi connectivity index (χ1n) is 10.2. The minimum atomic E-state index is -4.70. The van der Waals surface area contributed by atoms with Crippen molar-refractivity contribution in [3.8, 4) is 5.75 Å². The van der Waals surface area contributed by atoms with Crippen molar-refractivity contribution < 1.29 is 22.7 Å². The largest absolute Gasteiger partial charge is 0.573 e. The zero-order valence-corrected chi connectivity index (χ0v) is 16.8. The average Bonchev–Trinajstić information content (AvgIpc) is 3.33. The Kier molecular flexibility index (Phi) is 5.73. The van der Waals surface area contributed by atoms with Crippen molar-refractivity contribution in [2.24, 2.45) is 7.05 Å². The molecule has 2 aromatic rings. The van der Waals surface area contributed by atoms with E-state index >= 15 is 0 Å². The Morgan fingerprint density at radius 3 is 2.80 bits per heavy atom. The van der Waals surface area contributed by atoms with Crippen LogP contribution in [0.4, 0.5) is 13.2 Å². The highest BCUT2D eigenvalue weighted by Gasteiger charge is 2.32. The molecule has 30 heavy (non-hydrogen) atoms. The van der Waals surface area contributed by atoms with Gasteiger partial charge in [0.05, 0.1) is 0 Å². The number of carbonyl (C=O) groups is 1. The van der Waals surface area contributed by atoms with E-state index in [1.165, 1.54) is 12.1 Å². The summed E-state index contributed by atoms with van der Waals surface area (Å²) in [6.07, 6.45) is -0.283. The van der Waals surface area contributed by atoms with Gasteiger partial charge in [0.1, 0.15) is 5.75 Å². The Labute approximate surface area is 173 Å². The number of rotatable bonds is 5. The lowest BCUT2D eigenvalue weighted by molar-refractivity contribution is -0.274. The molecule has 1 N–H and O–H groups in total. The molecule has 1 fully saturated rings. The minimum absolute atomic E-state index is 0.00185. The number of aryl methyl sites for hydroxylation is 1. The van der Waals surface area contributed by atoms with Crippen LogP contribution in [0.2, 0.25) is 0 Å². The van der Waals surface area contributed by atoms with Gasteiger partial charge in [0.15, 0.2) is 5.69 Å². The Balaban J connectivity index is 1.42. The number of carbonyl (C=O) groups excluding carboxylic acids is 1. The van der Waals surface area contributed by atoms with Gasteiger partial charge < -0.3 is 15.0 Å². The molecule has 4 rings (SSSR count). The number of nitrogens with one attached hydrogen (secondary N) is 1. The fourth-order valence-corrected chi connectivity index (χ4v) is 4.32. The van der Waals surface area contributed by atoms with Crippen LogP contribution in [-0.2, 0) is 26.4 Å². The first kappa shape index (κ1) is 20.7. The first-order valence-corrected chi connectivity index (χ1v) is 10.2. The third-order valence-electron chi connectivity index (χ3n) is 5.78. The maximum atomic E-state index is 12.9. The minimum Gasteiger partial charge on any atom is -0.406 e. The molecule has 1 atom stereocenters. The number of benzene rings is 1. The van der Waals surface area contributed by atoms with Crippen molar-refractivity contribution >= 4 is 5.91 Å². The van der Waals surface area contributed by atoms with E-state index in [1.54, 1.807) is 12.1 Å². The van der Waals surface area contributed by atoms with Gasteiger partial charge in [0, 0.05) is 44.0 Å². The zero-order valence-electron chi connectivity index (χ0n) is 16.8. The van der Waals surface area contributed by atoms with E-state index in [2.05, 4.69) is 15.2 Å². The van der Waals surface area contributed by atoms with Crippen LogP contribution in [0.5, 0.6) is 5.75 Å². The second kappa shape index (κ2) is 8.29. The number of halogens is 3. The van der Waals surface area contributed by atoms with Crippen LogP contribution < -0.4 is 10.1 Å². The summed E-state index contributed by atoms with van der Waals surface area (Å²) >= 11 is 0. The summed E-state index contributed by atoms with van der Waals surface area (Å²) in [5.74, 6) is -0.222. The van der Waals surface area contributed by atoms with Crippen LogP contribution in [0.25, 0.3) is 0 Å². The second-order valence-electron chi connectivity index (χ2n) is 7.91. The fourth-order valence-electron chi connectivity index (χ4n) is 4.32. The van der Waals surface area contributed by atoms with Crippen LogP contribution in [-0.4, -0.2) is 46.1 Å². The average molecular weight is 422 g/mol. The molecule has 9 heteroatoms. The van der Waals surface area contributed by atoms with Gasteiger partial charge in [-0.15, -0.1) is 13.2 Å². The Morgan fingerprint density at radius 2 is 2.07 bits per heavy atom. The van der Waals surface area contributed by atoms with Crippen LogP contribution >= 0.6 is 0 Å². The summed E-state index contributed by atoms with van der Waals surface area (Å²) in [6.45, 7) is 1.98. The van der Waals surface area contributed by atoms with E-state index in [1.807, 2.05) is 16.6 Å². The first-order chi connectivity index (χ1) is 14.3. The van der Waals surface area contributed by atoms with Crippen molar-refractivity contribution in [1.82, 2.24) is 20.0 Å². The zero-order chi connectivity index (χ0) is 21.3. The molecule has 2 heterocycles.